The quantitative estimate of drug-likeness (QED) is 0.484. The van der Waals surface area contributed by atoms with Gasteiger partial charge in [-0.3, -0.25) is 4.79 Å². The number of nitrogens with zero attached hydrogens (tertiary/aromatic N) is 3. The Morgan fingerprint density at radius 3 is 2.65 bits per heavy atom. The summed E-state index contributed by atoms with van der Waals surface area (Å²) in [4.78, 5) is 23.8. The molecule has 0 aliphatic heterocycles. The minimum atomic E-state index is -0.509. The molecule has 0 aliphatic rings. The SMILES string of the molecule is CC(CBr)N(C)C(=O)c1ccc([N+](=O)[O-])n1C. The first-order chi connectivity index (χ1) is 7.90. The van der Waals surface area contributed by atoms with Crippen LogP contribution in [0, 0.1) is 10.1 Å². The highest BCUT2D eigenvalue weighted by Crippen LogP contribution is 2.17. The first kappa shape index (κ1) is 13.7. The minimum Gasteiger partial charge on any atom is -0.358 e. The van der Waals surface area contributed by atoms with Crippen LogP contribution < -0.4 is 0 Å². The number of hydrogen-bond donors (Lipinski definition) is 0. The minimum absolute atomic E-state index is 0.0245. The van der Waals surface area contributed by atoms with Crippen molar-refractivity contribution in [3.05, 3.63) is 27.9 Å². The molecule has 7 heteroatoms. The van der Waals surface area contributed by atoms with E-state index in [1.54, 1.807) is 11.9 Å². The lowest BCUT2D eigenvalue weighted by Crippen LogP contribution is -2.37. The van der Waals surface area contributed by atoms with Crippen molar-refractivity contribution in [3.63, 3.8) is 0 Å². The normalized spacial score (nSPS) is 12.2. The summed E-state index contributed by atoms with van der Waals surface area (Å²) in [5, 5.41) is 11.3. The molecule has 1 aromatic rings. The molecule has 6 nitrogen and oxygen atoms in total. The number of carbonyl (C=O) groups excluding carboxylic acids is 1. The highest BCUT2D eigenvalue weighted by Gasteiger charge is 2.25. The molecular formula is C10H14BrN3O3. The molecule has 0 radical (unpaired) electrons. The molecule has 1 heterocycles. The molecule has 0 spiro atoms. The highest BCUT2D eigenvalue weighted by atomic mass is 79.9. The van der Waals surface area contributed by atoms with E-state index in [2.05, 4.69) is 15.9 Å². The van der Waals surface area contributed by atoms with Crippen LogP contribution in [0.2, 0.25) is 0 Å². The molecule has 1 unspecified atom stereocenters. The Kier molecular flexibility index (Phi) is 4.28. The van der Waals surface area contributed by atoms with E-state index in [-0.39, 0.29) is 17.8 Å². The molecule has 0 saturated carbocycles. The van der Waals surface area contributed by atoms with Crippen molar-refractivity contribution in [3.8, 4) is 0 Å². The average Bonchev–Trinajstić information content (AvgIpc) is 2.68. The molecule has 0 aromatic carbocycles. The van der Waals surface area contributed by atoms with Gasteiger partial charge in [-0.15, -0.1) is 0 Å². The fraction of sp³-hybridized carbons (Fsp3) is 0.500. The lowest BCUT2D eigenvalue weighted by atomic mass is 10.3. The molecule has 0 aliphatic carbocycles. The van der Waals surface area contributed by atoms with Crippen LogP contribution in [0.5, 0.6) is 0 Å². The third-order valence-electron chi connectivity index (χ3n) is 2.71. The standard InChI is InChI=1S/C10H14BrN3O3/c1-7(6-11)12(2)10(15)8-4-5-9(13(8)3)14(16)17/h4-5,7H,6H2,1-3H3. The summed E-state index contributed by atoms with van der Waals surface area (Å²) < 4.78 is 1.29. The van der Waals surface area contributed by atoms with Gasteiger partial charge in [0.2, 0.25) is 0 Å². The number of rotatable bonds is 4. The van der Waals surface area contributed by atoms with Crippen LogP contribution in [-0.4, -0.2) is 38.7 Å². The number of hydrogen-bond acceptors (Lipinski definition) is 3. The number of alkyl halides is 1. The van der Waals surface area contributed by atoms with Gasteiger partial charge in [0.05, 0.1) is 7.05 Å². The summed E-state index contributed by atoms with van der Waals surface area (Å²) in [6.07, 6.45) is 0. The van der Waals surface area contributed by atoms with Crippen molar-refractivity contribution in [2.75, 3.05) is 12.4 Å². The van der Waals surface area contributed by atoms with Crippen molar-refractivity contribution >= 4 is 27.7 Å². The van der Waals surface area contributed by atoms with Gasteiger partial charge in [-0.1, -0.05) is 15.9 Å². The third kappa shape index (κ3) is 2.66. The van der Waals surface area contributed by atoms with E-state index < -0.39 is 4.92 Å². The maximum absolute atomic E-state index is 12.1. The van der Waals surface area contributed by atoms with Crippen LogP contribution in [0.25, 0.3) is 0 Å². The lowest BCUT2D eigenvalue weighted by molar-refractivity contribution is -0.391. The second-order valence-corrected chi connectivity index (χ2v) is 4.46. The molecule has 1 amide bonds. The summed E-state index contributed by atoms with van der Waals surface area (Å²) in [6, 6.07) is 2.83. The van der Waals surface area contributed by atoms with Crippen molar-refractivity contribution in [2.24, 2.45) is 7.05 Å². The number of amides is 1. The predicted octanol–water partition coefficient (Wildman–Crippen LogP) is 1.79. The van der Waals surface area contributed by atoms with Gasteiger partial charge in [-0.05, 0) is 17.9 Å². The van der Waals surface area contributed by atoms with E-state index in [1.807, 2.05) is 6.92 Å². The van der Waals surface area contributed by atoms with Gasteiger partial charge in [0.15, 0.2) is 5.69 Å². The van der Waals surface area contributed by atoms with Gasteiger partial charge in [0, 0.05) is 24.5 Å². The van der Waals surface area contributed by atoms with Crippen LogP contribution in [0.15, 0.2) is 12.1 Å². The maximum atomic E-state index is 12.1. The zero-order chi connectivity index (χ0) is 13.2. The van der Waals surface area contributed by atoms with Crippen LogP contribution >= 0.6 is 15.9 Å². The highest BCUT2D eigenvalue weighted by molar-refractivity contribution is 9.09. The molecule has 0 bridgehead atoms. The van der Waals surface area contributed by atoms with E-state index >= 15 is 0 Å². The van der Waals surface area contributed by atoms with E-state index in [4.69, 9.17) is 0 Å². The molecule has 17 heavy (non-hydrogen) atoms. The summed E-state index contributed by atoms with van der Waals surface area (Å²) in [6.45, 7) is 1.89. The van der Waals surface area contributed by atoms with E-state index in [1.165, 1.54) is 23.7 Å². The van der Waals surface area contributed by atoms with Gasteiger partial charge in [-0.2, -0.15) is 0 Å². The van der Waals surface area contributed by atoms with E-state index in [9.17, 15) is 14.9 Å². The van der Waals surface area contributed by atoms with Crippen molar-refractivity contribution in [2.45, 2.75) is 13.0 Å². The van der Waals surface area contributed by atoms with Crippen LogP contribution in [0.1, 0.15) is 17.4 Å². The monoisotopic (exact) mass is 303 g/mol. The molecule has 0 saturated heterocycles. The molecular weight excluding hydrogens is 290 g/mol. The number of nitro groups is 1. The lowest BCUT2D eigenvalue weighted by Gasteiger charge is -2.22. The molecule has 1 rings (SSSR count). The van der Waals surface area contributed by atoms with Gasteiger partial charge < -0.3 is 15.0 Å². The molecule has 0 fully saturated rings. The van der Waals surface area contributed by atoms with E-state index in [0.29, 0.717) is 11.0 Å². The number of carbonyl (C=O) groups is 1. The Hall–Kier alpha value is -1.37. The fourth-order valence-corrected chi connectivity index (χ4v) is 1.82. The summed E-state index contributed by atoms with van der Waals surface area (Å²) in [5.41, 5.74) is 0.312. The van der Waals surface area contributed by atoms with Crippen LogP contribution in [0.3, 0.4) is 0 Å². The van der Waals surface area contributed by atoms with Crippen molar-refractivity contribution < 1.29 is 9.72 Å². The average molecular weight is 304 g/mol. The zero-order valence-corrected chi connectivity index (χ0v) is 11.5. The molecule has 0 N–H and O–H groups in total. The fourth-order valence-electron chi connectivity index (χ4n) is 1.38. The summed E-state index contributed by atoms with van der Waals surface area (Å²) in [7, 11) is 3.19. The number of halogens is 1. The Bertz CT molecular complexity index is 444. The topological polar surface area (TPSA) is 68.4 Å². The molecule has 1 atom stereocenters. The predicted molar refractivity (Wildman–Crippen MR) is 67.4 cm³/mol. The van der Waals surface area contributed by atoms with Gasteiger partial charge in [0.25, 0.3) is 5.91 Å². The van der Waals surface area contributed by atoms with Crippen molar-refractivity contribution in [1.29, 1.82) is 0 Å². The Balaban J connectivity index is 3.01. The zero-order valence-electron chi connectivity index (χ0n) is 9.88. The van der Waals surface area contributed by atoms with Gasteiger partial charge in [-0.25, -0.2) is 4.57 Å². The summed E-state index contributed by atoms with van der Waals surface area (Å²) >= 11 is 3.29. The van der Waals surface area contributed by atoms with Gasteiger partial charge in [0.1, 0.15) is 0 Å². The first-order valence-electron chi connectivity index (χ1n) is 5.03. The summed E-state index contributed by atoms with van der Waals surface area (Å²) in [5.74, 6) is -0.319. The van der Waals surface area contributed by atoms with E-state index in [0.717, 1.165) is 0 Å². The van der Waals surface area contributed by atoms with Gasteiger partial charge >= 0.3 is 5.82 Å². The molecule has 1 aromatic heterocycles. The first-order valence-corrected chi connectivity index (χ1v) is 6.15. The third-order valence-corrected chi connectivity index (χ3v) is 3.64. The Morgan fingerprint density at radius 1 is 1.65 bits per heavy atom. The molecule has 94 valence electrons. The smallest absolute Gasteiger partial charge is 0.323 e. The largest absolute Gasteiger partial charge is 0.358 e. The van der Waals surface area contributed by atoms with Crippen LogP contribution in [0.4, 0.5) is 5.82 Å². The second-order valence-electron chi connectivity index (χ2n) is 3.81. The number of aromatic nitrogens is 1. The van der Waals surface area contributed by atoms with Crippen LogP contribution in [-0.2, 0) is 7.05 Å². The van der Waals surface area contributed by atoms with Crippen molar-refractivity contribution in [1.82, 2.24) is 9.47 Å². The maximum Gasteiger partial charge on any atom is 0.323 e. The second kappa shape index (κ2) is 5.31. The Labute approximate surface area is 107 Å². The Morgan fingerprint density at radius 2 is 2.24 bits per heavy atom.